The van der Waals surface area contributed by atoms with Gasteiger partial charge >= 0.3 is 10.2 Å². The highest BCUT2D eigenvalue weighted by Crippen LogP contribution is 2.27. The SMILES string of the molecule is CNC(=O)[C@H](Cc1ccccc1)N(Cc1ccc(Cl)c(Cl)c1)C(=O)CN(c1cc(C)ccc1C)S(=O)(=O)N(C)C. The van der Waals surface area contributed by atoms with Crippen LogP contribution in [0, 0.1) is 13.8 Å². The Hall–Kier alpha value is -3.11. The van der Waals surface area contributed by atoms with Gasteiger partial charge in [0.2, 0.25) is 11.8 Å². The van der Waals surface area contributed by atoms with Crippen LogP contribution in [0.4, 0.5) is 5.69 Å². The summed E-state index contributed by atoms with van der Waals surface area (Å²) in [6.07, 6.45) is 0.220. The van der Waals surface area contributed by atoms with E-state index in [1.165, 1.54) is 26.0 Å². The average molecular weight is 606 g/mol. The molecule has 0 saturated carbocycles. The number of benzene rings is 3. The molecule has 0 radical (unpaired) electrons. The lowest BCUT2D eigenvalue weighted by Gasteiger charge is -2.34. The van der Waals surface area contributed by atoms with E-state index in [4.69, 9.17) is 23.2 Å². The van der Waals surface area contributed by atoms with Gasteiger partial charge in [0, 0.05) is 34.1 Å². The predicted molar refractivity (Wildman–Crippen MR) is 161 cm³/mol. The van der Waals surface area contributed by atoms with Crippen LogP contribution in [0.15, 0.2) is 66.7 Å². The Morgan fingerprint density at radius 1 is 0.900 bits per heavy atom. The first kappa shape index (κ1) is 31.4. The van der Waals surface area contributed by atoms with Crippen LogP contribution in [0.2, 0.25) is 10.0 Å². The van der Waals surface area contributed by atoms with Crippen LogP contribution < -0.4 is 9.62 Å². The summed E-state index contributed by atoms with van der Waals surface area (Å²) in [4.78, 5) is 28.8. The molecule has 8 nitrogen and oxygen atoms in total. The van der Waals surface area contributed by atoms with Gasteiger partial charge in [-0.25, -0.2) is 4.31 Å². The molecule has 0 bridgehead atoms. The van der Waals surface area contributed by atoms with Gasteiger partial charge in [-0.15, -0.1) is 0 Å². The number of halogens is 2. The van der Waals surface area contributed by atoms with E-state index < -0.39 is 28.7 Å². The summed E-state index contributed by atoms with van der Waals surface area (Å²) in [7, 11) is 0.247. The van der Waals surface area contributed by atoms with Crippen molar-refractivity contribution in [2.75, 3.05) is 32.0 Å². The minimum Gasteiger partial charge on any atom is -0.357 e. The van der Waals surface area contributed by atoms with Crippen LogP contribution in [0.3, 0.4) is 0 Å². The maximum absolute atomic E-state index is 14.2. The second kappa shape index (κ2) is 13.5. The van der Waals surface area contributed by atoms with Crippen LogP contribution in [0.5, 0.6) is 0 Å². The average Bonchev–Trinajstić information content (AvgIpc) is 2.92. The molecule has 0 unspecified atom stereocenters. The van der Waals surface area contributed by atoms with Crippen LogP contribution >= 0.6 is 23.2 Å². The third-order valence-electron chi connectivity index (χ3n) is 6.51. The number of hydrogen-bond donors (Lipinski definition) is 1. The molecule has 11 heteroatoms. The third-order valence-corrected chi connectivity index (χ3v) is 9.05. The van der Waals surface area contributed by atoms with Crippen molar-refractivity contribution in [1.82, 2.24) is 14.5 Å². The van der Waals surface area contributed by atoms with Crippen LogP contribution in [-0.2, 0) is 32.8 Å². The summed E-state index contributed by atoms with van der Waals surface area (Å²) in [5, 5.41) is 3.32. The molecule has 0 aromatic heterocycles. The van der Waals surface area contributed by atoms with E-state index in [1.807, 2.05) is 49.4 Å². The van der Waals surface area contributed by atoms with E-state index >= 15 is 0 Å². The summed E-state index contributed by atoms with van der Waals surface area (Å²) in [6.45, 7) is 3.12. The molecular formula is C29H34Cl2N4O4S. The van der Waals surface area contributed by atoms with Crippen LogP contribution in [0.1, 0.15) is 22.3 Å². The van der Waals surface area contributed by atoms with Crippen molar-refractivity contribution in [2.24, 2.45) is 0 Å². The van der Waals surface area contributed by atoms with Crippen LogP contribution in [0.25, 0.3) is 0 Å². The maximum atomic E-state index is 14.2. The van der Waals surface area contributed by atoms with Crippen LogP contribution in [-0.4, -0.2) is 63.2 Å². The molecule has 1 N–H and O–H groups in total. The number of anilines is 1. The van der Waals surface area contributed by atoms with Gasteiger partial charge in [-0.2, -0.15) is 12.7 Å². The highest BCUT2D eigenvalue weighted by Gasteiger charge is 2.35. The van der Waals surface area contributed by atoms with Crippen molar-refractivity contribution in [2.45, 2.75) is 32.9 Å². The monoisotopic (exact) mass is 604 g/mol. The van der Waals surface area contributed by atoms with Gasteiger partial charge in [0.05, 0.1) is 15.7 Å². The van der Waals surface area contributed by atoms with E-state index in [0.29, 0.717) is 26.9 Å². The van der Waals surface area contributed by atoms with E-state index in [1.54, 1.807) is 31.2 Å². The van der Waals surface area contributed by atoms with E-state index in [0.717, 1.165) is 19.7 Å². The van der Waals surface area contributed by atoms with Gasteiger partial charge in [0.15, 0.2) is 0 Å². The molecule has 0 aliphatic rings. The molecule has 0 saturated heterocycles. The van der Waals surface area contributed by atoms with Gasteiger partial charge in [-0.05, 0) is 54.3 Å². The molecule has 214 valence electrons. The standard InChI is InChI=1S/C29H34Cl2N4O4S/c1-20-11-12-21(2)26(15-20)35(40(38,39)33(4)5)19-28(36)34(18-23-13-14-24(30)25(31)16-23)27(29(37)32-3)17-22-9-7-6-8-10-22/h6-16,27H,17-19H2,1-5H3,(H,32,37)/t27-/m0/s1. The Balaban J connectivity index is 2.12. The van der Waals surface area contributed by atoms with Crippen molar-refractivity contribution in [3.8, 4) is 0 Å². The molecule has 3 rings (SSSR count). The number of hydrogen-bond acceptors (Lipinski definition) is 4. The fourth-order valence-electron chi connectivity index (χ4n) is 4.25. The first-order valence-corrected chi connectivity index (χ1v) is 14.8. The quantitative estimate of drug-likeness (QED) is 0.346. The number of nitrogens with zero attached hydrogens (tertiary/aromatic N) is 3. The molecule has 0 aliphatic carbocycles. The molecular weight excluding hydrogens is 571 g/mol. The number of likely N-dealkylation sites (N-methyl/N-ethyl adjacent to an activating group) is 1. The molecule has 0 heterocycles. The Morgan fingerprint density at radius 3 is 2.17 bits per heavy atom. The van der Waals surface area contributed by atoms with Gasteiger partial charge < -0.3 is 10.2 Å². The molecule has 2 amide bonds. The first-order chi connectivity index (χ1) is 18.8. The Bertz CT molecular complexity index is 1470. The highest BCUT2D eigenvalue weighted by molar-refractivity contribution is 7.90. The lowest BCUT2D eigenvalue weighted by Crippen LogP contribution is -2.54. The normalized spacial score (nSPS) is 12.2. The number of amides is 2. The van der Waals surface area contributed by atoms with E-state index in [2.05, 4.69) is 5.32 Å². The van der Waals surface area contributed by atoms with Crippen molar-refractivity contribution >= 4 is 50.9 Å². The zero-order valence-corrected chi connectivity index (χ0v) is 25.5. The lowest BCUT2D eigenvalue weighted by atomic mass is 10.0. The second-order valence-electron chi connectivity index (χ2n) is 9.68. The second-order valence-corrected chi connectivity index (χ2v) is 12.6. The zero-order chi connectivity index (χ0) is 29.6. The molecule has 0 aliphatic heterocycles. The van der Waals surface area contributed by atoms with Gasteiger partial charge in [0.1, 0.15) is 12.6 Å². The van der Waals surface area contributed by atoms with Crippen molar-refractivity contribution in [3.63, 3.8) is 0 Å². The maximum Gasteiger partial charge on any atom is 0.304 e. The fraction of sp³-hybridized carbons (Fsp3) is 0.310. The number of rotatable bonds is 11. The smallest absolute Gasteiger partial charge is 0.304 e. The molecule has 3 aromatic carbocycles. The lowest BCUT2D eigenvalue weighted by molar-refractivity contribution is -0.139. The highest BCUT2D eigenvalue weighted by atomic mass is 35.5. The van der Waals surface area contributed by atoms with E-state index in [9.17, 15) is 18.0 Å². The number of aryl methyl sites for hydroxylation is 2. The molecule has 40 heavy (non-hydrogen) atoms. The molecule has 0 spiro atoms. The minimum atomic E-state index is -4.08. The summed E-state index contributed by atoms with van der Waals surface area (Å²) < 4.78 is 29.2. The summed E-state index contributed by atoms with van der Waals surface area (Å²) in [5.41, 5.74) is 3.39. The summed E-state index contributed by atoms with van der Waals surface area (Å²) in [6, 6.07) is 18.8. The Labute approximate surface area is 246 Å². The van der Waals surface area contributed by atoms with Crippen molar-refractivity contribution in [3.05, 3.63) is 99.0 Å². The first-order valence-electron chi connectivity index (χ1n) is 12.6. The fourth-order valence-corrected chi connectivity index (χ4v) is 5.68. The third kappa shape index (κ3) is 7.54. The van der Waals surface area contributed by atoms with Gasteiger partial charge in [0.25, 0.3) is 0 Å². The van der Waals surface area contributed by atoms with Crippen molar-refractivity contribution in [1.29, 1.82) is 0 Å². The Kier molecular flexibility index (Phi) is 10.6. The predicted octanol–water partition coefficient (Wildman–Crippen LogP) is 4.61. The van der Waals surface area contributed by atoms with E-state index in [-0.39, 0.29) is 18.9 Å². The topological polar surface area (TPSA) is 90.0 Å². The molecule has 0 fully saturated rings. The van der Waals surface area contributed by atoms with Gasteiger partial charge in [-0.1, -0.05) is 71.7 Å². The summed E-state index contributed by atoms with van der Waals surface area (Å²) >= 11 is 12.4. The van der Waals surface area contributed by atoms with Gasteiger partial charge in [-0.3, -0.25) is 9.59 Å². The molecule has 3 aromatic rings. The molecule has 1 atom stereocenters. The summed E-state index contributed by atoms with van der Waals surface area (Å²) in [5.74, 6) is -0.937. The minimum absolute atomic E-state index is 0.00327. The largest absolute Gasteiger partial charge is 0.357 e. The Morgan fingerprint density at radius 2 is 1.57 bits per heavy atom. The zero-order valence-electron chi connectivity index (χ0n) is 23.2. The number of carbonyl (C=O) groups is 2. The number of carbonyl (C=O) groups excluding carboxylic acids is 2. The number of nitrogens with one attached hydrogen (secondary N) is 1. The van der Waals surface area contributed by atoms with Crippen molar-refractivity contribution < 1.29 is 18.0 Å².